The molecular weight excluding hydrogens is 316 g/mol. The molecule has 2 rings (SSSR count). The molecule has 2 aromatic rings. The van der Waals surface area contributed by atoms with Crippen LogP contribution in [0, 0.1) is 0 Å². The van der Waals surface area contributed by atoms with Gasteiger partial charge in [0.25, 0.3) is 0 Å². The van der Waals surface area contributed by atoms with E-state index in [0.717, 1.165) is 9.79 Å². The minimum Gasteiger partial charge on any atom is -0.325 e. The van der Waals surface area contributed by atoms with Crippen molar-refractivity contribution in [1.82, 2.24) is 0 Å². The van der Waals surface area contributed by atoms with E-state index >= 15 is 0 Å². The number of nitrogens with one attached hydrogen (secondary N) is 1. The molecule has 0 saturated carbocycles. The molecule has 0 aliphatic heterocycles. The van der Waals surface area contributed by atoms with Crippen LogP contribution in [-0.4, -0.2) is 22.4 Å². The number of nitrogens with two attached hydrogens (primary N) is 1. The van der Waals surface area contributed by atoms with Crippen molar-refractivity contribution in [2.75, 3.05) is 11.6 Å². The van der Waals surface area contributed by atoms with Gasteiger partial charge in [0.1, 0.15) is 0 Å². The Labute approximate surface area is 136 Å². The highest BCUT2D eigenvalue weighted by atomic mass is 32.2. The third-order valence-corrected chi connectivity index (χ3v) is 5.13. The van der Waals surface area contributed by atoms with Crippen LogP contribution in [0.1, 0.15) is 6.92 Å². The Kier molecular flexibility index (Phi) is 5.76. The fourth-order valence-electron chi connectivity index (χ4n) is 1.78. The van der Waals surface area contributed by atoms with Gasteiger partial charge in [-0.05, 0) is 55.6 Å². The van der Waals surface area contributed by atoms with Crippen molar-refractivity contribution in [2.45, 2.75) is 27.7 Å². The van der Waals surface area contributed by atoms with Crippen LogP contribution < -0.4 is 11.1 Å². The van der Waals surface area contributed by atoms with Gasteiger partial charge in [-0.25, -0.2) is 4.21 Å². The first kappa shape index (κ1) is 16.7. The Hall–Kier alpha value is -1.63. The summed E-state index contributed by atoms with van der Waals surface area (Å²) in [6, 6.07) is 14.0. The lowest BCUT2D eigenvalue weighted by Gasteiger charge is -2.09. The van der Waals surface area contributed by atoms with Gasteiger partial charge in [0.15, 0.2) is 0 Å². The molecule has 22 heavy (non-hydrogen) atoms. The van der Waals surface area contributed by atoms with E-state index in [1.54, 1.807) is 43.0 Å². The predicted molar refractivity (Wildman–Crippen MR) is 91.6 cm³/mol. The van der Waals surface area contributed by atoms with E-state index in [1.807, 2.05) is 30.5 Å². The van der Waals surface area contributed by atoms with Crippen LogP contribution >= 0.6 is 11.8 Å². The summed E-state index contributed by atoms with van der Waals surface area (Å²) in [7, 11) is -1.28. The summed E-state index contributed by atoms with van der Waals surface area (Å²) >= 11 is 1.64. The molecular formula is C16H18N2O2S2. The van der Waals surface area contributed by atoms with Crippen LogP contribution in [0.2, 0.25) is 0 Å². The van der Waals surface area contributed by atoms with E-state index in [2.05, 4.69) is 5.32 Å². The van der Waals surface area contributed by atoms with Crippen LogP contribution in [0.5, 0.6) is 0 Å². The van der Waals surface area contributed by atoms with Crippen LogP contribution in [0.25, 0.3) is 0 Å². The quantitative estimate of drug-likeness (QED) is 0.825. The molecule has 1 amide bonds. The monoisotopic (exact) mass is 334 g/mol. The number of carbonyl (C=O) groups is 1. The zero-order chi connectivity index (χ0) is 16.1. The molecule has 4 nitrogen and oxygen atoms in total. The van der Waals surface area contributed by atoms with E-state index in [-0.39, 0.29) is 5.91 Å². The highest BCUT2D eigenvalue weighted by Crippen LogP contribution is 2.22. The number of hydrogen-bond donors (Lipinski definition) is 2. The molecule has 2 atom stereocenters. The molecule has 0 aliphatic carbocycles. The topological polar surface area (TPSA) is 72.2 Å². The molecule has 0 bridgehead atoms. The van der Waals surface area contributed by atoms with Gasteiger partial charge in [0, 0.05) is 20.4 Å². The van der Waals surface area contributed by atoms with Crippen LogP contribution in [0.4, 0.5) is 5.69 Å². The lowest BCUT2D eigenvalue weighted by Crippen LogP contribution is -2.32. The first-order chi connectivity index (χ1) is 10.5. The zero-order valence-corrected chi connectivity index (χ0v) is 14.0. The zero-order valence-electron chi connectivity index (χ0n) is 12.4. The largest absolute Gasteiger partial charge is 0.325 e. The molecule has 0 fully saturated rings. The third kappa shape index (κ3) is 4.19. The van der Waals surface area contributed by atoms with E-state index in [0.29, 0.717) is 10.6 Å². The number of hydrogen-bond acceptors (Lipinski definition) is 4. The maximum atomic E-state index is 12.6. The second kappa shape index (κ2) is 7.58. The summed E-state index contributed by atoms with van der Waals surface area (Å²) in [5.41, 5.74) is 6.12. The molecule has 0 aliphatic rings. The number of carbonyl (C=O) groups excluding carboxylic acids is 1. The highest BCUT2D eigenvalue weighted by Gasteiger charge is 2.11. The maximum absolute atomic E-state index is 12.6. The standard InChI is InChI=1S/C16H18N2O2S2/c1-11(17)16(19)18-12-4-3-5-15(10-12)22(20)14-8-6-13(21-2)7-9-14/h3-11H,17H2,1-2H3,(H,18,19). The van der Waals surface area contributed by atoms with Crippen molar-refractivity contribution in [3.05, 3.63) is 48.5 Å². The van der Waals surface area contributed by atoms with Gasteiger partial charge in [-0.3, -0.25) is 4.79 Å². The predicted octanol–water partition coefficient (Wildman–Crippen LogP) is 2.86. The Morgan fingerprint density at radius 1 is 1.18 bits per heavy atom. The van der Waals surface area contributed by atoms with Crippen LogP contribution in [-0.2, 0) is 15.6 Å². The molecule has 0 radical (unpaired) electrons. The first-order valence-electron chi connectivity index (χ1n) is 6.73. The summed E-state index contributed by atoms with van der Waals surface area (Å²) in [6.07, 6.45) is 2.00. The van der Waals surface area contributed by atoms with Crippen LogP contribution in [0.3, 0.4) is 0 Å². The number of amides is 1. The highest BCUT2D eigenvalue weighted by molar-refractivity contribution is 7.98. The van der Waals surface area contributed by atoms with Gasteiger partial charge in [0.2, 0.25) is 5.91 Å². The van der Waals surface area contributed by atoms with Crippen molar-refractivity contribution in [3.63, 3.8) is 0 Å². The molecule has 0 spiro atoms. The lowest BCUT2D eigenvalue weighted by atomic mass is 10.3. The summed E-state index contributed by atoms with van der Waals surface area (Å²) in [4.78, 5) is 14.1. The number of rotatable bonds is 5. The SMILES string of the molecule is CSc1ccc(S(=O)c2cccc(NC(=O)C(C)N)c2)cc1. The number of thioether (sulfide) groups is 1. The van der Waals surface area contributed by atoms with Crippen molar-refractivity contribution in [3.8, 4) is 0 Å². The summed E-state index contributed by atoms with van der Waals surface area (Å²) in [5.74, 6) is -0.271. The normalized spacial score (nSPS) is 13.4. The Morgan fingerprint density at radius 2 is 1.86 bits per heavy atom. The molecule has 116 valence electrons. The van der Waals surface area contributed by atoms with Gasteiger partial charge >= 0.3 is 0 Å². The van der Waals surface area contributed by atoms with Crippen molar-refractivity contribution in [2.24, 2.45) is 5.73 Å². The van der Waals surface area contributed by atoms with Crippen molar-refractivity contribution < 1.29 is 9.00 Å². The molecule has 3 N–H and O–H groups in total. The summed E-state index contributed by atoms with van der Waals surface area (Å²) < 4.78 is 12.6. The molecule has 0 heterocycles. The molecule has 6 heteroatoms. The maximum Gasteiger partial charge on any atom is 0.240 e. The second-order valence-electron chi connectivity index (χ2n) is 4.75. The van der Waals surface area contributed by atoms with E-state index in [9.17, 15) is 9.00 Å². The summed E-state index contributed by atoms with van der Waals surface area (Å²) in [6.45, 7) is 1.62. The van der Waals surface area contributed by atoms with Gasteiger partial charge in [0.05, 0.1) is 16.8 Å². The Bertz CT molecular complexity index is 685. The fourth-order valence-corrected chi connectivity index (χ4v) is 3.28. The third-order valence-electron chi connectivity index (χ3n) is 3.00. The second-order valence-corrected chi connectivity index (χ2v) is 7.11. The Morgan fingerprint density at radius 3 is 2.45 bits per heavy atom. The van der Waals surface area contributed by atoms with E-state index in [1.165, 1.54) is 0 Å². The fraction of sp³-hybridized carbons (Fsp3) is 0.188. The van der Waals surface area contributed by atoms with Crippen molar-refractivity contribution >= 4 is 34.2 Å². The van der Waals surface area contributed by atoms with Gasteiger partial charge < -0.3 is 11.1 Å². The molecule has 2 unspecified atom stereocenters. The minimum absolute atomic E-state index is 0.271. The average molecular weight is 334 g/mol. The smallest absolute Gasteiger partial charge is 0.240 e. The van der Waals surface area contributed by atoms with Gasteiger partial charge in [-0.1, -0.05) is 6.07 Å². The first-order valence-corrected chi connectivity index (χ1v) is 9.11. The Balaban J connectivity index is 2.20. The van der Waals surface area contributed by atoms with Crippen molar-refractivity contribution in [1.29, 1.82) is 0 Å². The average Bonchev–Trinajstić information content (AvgIpc) is 2.54. The molecule has 2 aromatic carbocycles. The van der Waals surface area contributed by atoms with E-state index in [4.69, 9.17) is 5.73 Å². The minimum atomic E-state index is -1.28. The molecule has 0 aromatic heterocycles. The number of benzene rings is 2. The molecule has 0 saturated heterocycles. The van der Waals surface area contributed by atoms with Gasteiger partial charge in [-0.15, -0.1) is 11.8 Å². The number of anilines is 1. The van der Waals surface area contributed by atoms with E-state index < -0.39 is 16.8 Å². The lowest BCUT2D eigenvalue weighted by molar-refractivity contribution is -0.117. The van der Waals surface area contributed by atoms with Crippen LogP contribution in [0.15, 0.2) is 63.2 Å². The summed E-state index contributed by atoms with van der Waals surface area (Å²) in [5, 5.41) is 2.70. The van der Waals surface area contributed by atoms with Gasteiger partial charge in [-0.2, -0.15) is 0 Å².